The summed E-state index contributed by atoms with van der Waals surface area (Å²) >= 11 is 0. The molecule has 51 heavy (non-hydrogen) atoms. The van der Waals surface area contributed by atoms with E-state index in [0.29, 0.717) is 0 Å². The van der Waals surface area contributed by atoms with Crippen LogP contribution in [0, 0.1) is 0 Å². The summed E-state index contributed by atoms with van der Waals surface area (Å²) in [4.78, 5) is 0. The van der Waals surface area contributed by atoms with Gasteiger partial charge in [0.2, 0.25) is 0 Å². The van der Waals surface area contributed by atoms with Crippen LogP contribution in [0.15, 0.2) is 48.6 Å². The molecule has 0 radical (unpaired) electrons. The van der Waals surface area contributed by atoms with Gasteiger partial charge in [-0.3, -0.25) is 0 Å². The maximum atomic E-state index is 7.13. The third-order valence-electron chi connectivity index (χ3n) is 11.0. The van der Waals surface area contributed by atoms with E-state index >= 15 is 0 Å². The number of benzene rings is 1. The molecule has 0 bridgehead atoms. The first-order chi connectivity index (χ1) is 25.2. The molecule has 1 heterocycles. The average Bonchev–Trinajstić information content (AvgIpc) is 3.59. The van der Waals surface area contributed by atoms with Gasteiger partial charge in [-0.1, -0.05) is 235 Å². The maximum Gasteiger partial charge on any atom is 0.119 e. The Morgan fingerprint density at radius 2 is 0.804 bits per heavy atom. The summed E-state index contributed by atoms with van der Waals surface area (Å²) in [7, 11) is 0. The lowest BCUT2D eigenvalue weighted by Crippen LogP contribution is -2.43. The van der Waals surface area contributed by atoms with Crippen LogP contribution in [0.3, 0.4) is 0 Å². The summed E-state index contributed by atoms with van der Waals surface area (Å²) in [5.41, 5.74) is 8.46. The van der Waals surface area contributed by atoms with E-state index in [1.54, 1.807) is 0 Å². The lowest BCUT2D eigenvalue weighted by atomic mass is 10.00. The van der Waals surface area contributed by atoms with Crippen LogP contribution >= 0.6 is 0 Å². The van der Waals surface area contributed by atoms with Crippen molar-refractivity contribution in [1.29, 1.82) is 0 Å². The maximum absolute atomic E-state index is 7.13. The molecule has 0 spiro atoms. The summed E-state index contributed by atoms with van der Waals surface area (Å²) in [6.45, 7) is 4.60. The van der Waals surface area contributed by atoms with Crippen LogP contribution in [-0.4, -0.2) is 15.0 Å². The highest BCUT2D eigenvalue weighted by molar-refractivity contribution is 5.74. The Kier molecular flexibility index (Phi) is 29.0. The number of nitrogens with two attached hydrogens (primary N) is 1. The summed E-state index contributed by atoms with van der Waals surface area (Å²) in [6.07, 6.45) is 55.4. The van der Waals surface area contributed by atoms with Gasteiger partial charge in [0.15, 0.2) is 0 Å². The number of aromatic nitrogens is 3. The molecule has 0 atom stereocenters. The van der Waals surface area contributed by atoms with Gasteiger partial charge < -0.3 is 5.73 Å². The Bertz CT molecular complexity index is 1040. The average molecular weight is 705 g/mol. The second-order valence-electron chi connectivity index (χ2n) is 15.9. The third-order valence-corrected chi connectivity index (χ3v) is 11.0. The first kappa shape index (κ1) is 45.2. The van der Waals surface area contributed by atoms with Crippen molar-refractivity contribution in [3.05, 3.63) is 48.6 Å². The first-order valence-electron chi connectivity index (χ1n) is 22.6. The van der Waals surface area contributed by atoms with E-state index in [1.807, 2.05) is 16.8 Å². The largest absolute Gasteiger partial charge is 0.307 e. The van der Waals surface area contributed by atoms with E-state index < -0.39 is 5.66 Å². The zero-order valence-corrected chi connectivity index (χ0v) is 34.1. The third kappa shape index (κ3) is 23.4. The Morgan fingerprint density at radius 1 is 0.471 bits per heavy atom. The zero-order valence-electron chi connectivity index (χ0n) is 34.1. The van der Waals surface area contributed by atoms with Gasteiger partial charge >= 0.3 is 0 Å². The van der Waals surface area contributed by atoms with Crippen molar-refractivity contribution >= 4 is 11.0 Å². The molecule has 2 aromatic rings. The quantitative estimate of drug-likeness (QED) is 0.0562. The number of nitrogens with zero attached hydrogens (tertiary/aromatic N) is 3. The number of rotatable bonds is 37. The molecule has 2 N–H and O–H groups in total. The van der Waals surface area contributed by atoms with E-state index in [-0.39, 0.29) is 0 Å². The lowest BCUT2D eigenvalue weighted by Gasteiger charge is -2.28. The highest BCUT2D eigenvalue weighted by Gasteiger charge is 2.27. The molecule has 1 aromatic carbocycles. The molecule has 0 aliphatic carbocycles. The Morgan fingerprint density at radius 3 is 1.18 bits per heavy atom. The molecule has 2 rings (SSSR count). The van der Waals surface area contributed by atoms with Gasteiger partial charge in [-0.2, -0.15) is 0 Å². The van der Waals surface area contributed by atoms with Crippen molar-refractivity contribution in [3.63, 3.8) is 0 Å². The SMILES string of the molecule is CCCCCCCCCCCCCCCCC/C=C/CC(N)(C/C=C/CCCCCCCCCCCCCCCCC)n1nnc2ccccc21. The van der Waals surface area contributed by atoms with Gasteiger partial charge in [-0.25, -0.2) is 4.68 Å². The molecule has 4 nitrogen and oxygen atoms in total. The van der Waals surface area contributed by atoms with E-state index in [2.05, 4.69) is 60.6 Å². The molecular formula is C47H84N4. The molecule has 292 valence electrons. The molecule has 1 aromatic heterocycles. The van der Waals surface area contributed by atoms with E-state index in [0.717, 1.165) is 36.7 Å². The highest BCUT2D eigenvalue weighted by atomic mass is 15.5. The predicted molar refractivity (Wildman–Crippen MR) is 226 cm³/mol. The predicted octanol–water partition coefficient (Wildman–Crippen LogP) is 15.5. The molecule has 0 saturated carbocycles. The van der Waals surface area contributed by atoms with Gasteiger partial charge in [0.05, 0.1) is 5.52 Å². The molecule has 0 aliphatic rings. The number of hydrogen-bond acceptors (Lipinski definition) is 3. The number of fused-ring (bicyclic) bond motifs is 1. The Labute approximate surface area is 317 Å². The summed E-state index contributed by atoms with van der Waals surface area (Å²) in [5, 5.41) is 8.97. The van der Waals surface area contributed by atoms with Crippen LogP contribution in [0.2, 0.25) is 0 Å². The van der Waals surface area contributed by atoms with Crippen molar-refractivity contribution in [2.75, 3.05) is 0 Å². The van der Waals surface area contributed by atoms with Gasteiger partial charge in [-0.05, 0) is 37.8 Å². The van der Waals surface area contributed by atoms with E-state index in [1.165, 1.54) is 193 Å². The fourth-order valence-electron chi connectivity index (χ4n) is 7.53. The van der Waals surface area contributed by atoms with Crippen molar-refractivity contribution in [2.45, 2.75) is 238 Å². The normalized spacial score (nSPS) is 12.4. The van der Waals surface area contributed by atoms with Gasteiger partial charge in [0, 0.05) is 12.8 Å². The van der Waals surface area contributed by atoms with Crippen LogP contribution in [0.25, 0.3) is 11.0 Å². The Hall–Kier alpha value is -1.94. The molecule has 0 saturated heterocycles. The minimum Gasteiger partial charge on any atom is -0.307 e. The molecule has 0 unspecified atom stereocenters. The summed E-state index contributed by atoms with van der Waals surface area (Å²) in [6, 6.07) is 8.20. The second-order valence-corrected chi connectivity index (χ2v) is 15.9. The molecule has 0 aliphatic heterocycles. The fraction of sp³-hybridized carbons (Fsp3) is 0.787. The van der Waals surface area contributed by atoms with E-state index in [9.17, 15) is 0 Å². The topological polar surface area (TPSA) is 56.7 Å². The monoisotopic (exact) mass is 705 g/mol. The number of unbranched alkanes of at least 4 members (excludes halogenated alkanes) is 30. The molecule has 0 fully saturated rings. The van der Waals surface area contributed by atoms with Gasteiger partial charge in [-0.15, -0.1) is 5.10 Å². The second kappa shape index (κ2) is 32.7. The van der Waals surface area contributed by atoms with Crippen LogP contribution in [0.5, 0.6) is 0 Å². The van der Waals surface area contributed by atoms with Crippen molar-refractivity contribution in [3.8, 4) is 0 Å². The minimum absolute atomic E-state index is 0.604. The number of allylic oxidation sites excluding steroid dienone is 2. The van der Waals surface area contributed by atoms with Gasteiger partial charge in [0.1, 0.15) is 11.2 Å². The summed E-state index contributed by atoms with van der Waals surface area (Å²) < 4.78 is 1.97. The van der Waals surface area contributed by atoms with Crippen LogP contribution in [0.4, 0.5) is 0 Å². The van der Waals surface area contributed by atoms with Crippen LogP contribution in [-0.2, 0) is 5.66 Å². The molecule has 0 amide bonds. The standard InChI is InChI=1S/C47H84N4/c1-3-5-7-9-11-13-15-17-19-21-23-25-27-29-31-33-35-39-43-47(48,51-46-42-38-37-41-45(46)49-50-51)44-40-36-34-32-30-28-26-24-22-20-18-16-14-12-10-8-6-4-2/h35-42H,3-34,43-44,48H2,1-2H3/b39-35+,40-36+. The highest BCUT2D eigenvalue weighted by Crippen LogP contribution is 2.25. The van der Waals surface area contributed by atoms with Crippen LogP contribution in [0.1, 0.15) is 232 Å². The van der Waals surface area contributed by atoms with E-state index in [4.69, 9.17) is 5.73 Å². The van der Waals surface area contributed by atoms with Crippen molar-refractivity contribution in [2.24, 2.45) is 5.73 Å². The zero-order chi connectivity index (χ0) is 36.3. The van der Waals surface area contributed by atoms with Crippen molar-refractivity contribution in [1.82, 2.24) is 15.0 Å². The number of para-hydroxylation sites is 1. The lowest BCUT2D eigenvalue weighted by molar-refractivity contribution is 0.274. The Balaban J connectivity index is 1.56. The smallest absolute Gasteiger partial charge is 0.119 e. The fourth-order valence-corrected chi connectivity index (χ4v) is 7.53. The minimum atomic E-state index is -0.604. The molecular weight excluding hydrogens is 621 g/mol. The summed E-state index contributed by atoms with van der Waals surface area (Å²) in [5.74, 6) is 0. The van der Waals surface area contributed by atoms with Crippen molar-refractivity contribution < 1.29 is 0 Å². The number of hydrogen-bond donors (Lipinski definition) is 1. The first-order valence-corrected chi connectivity index (χ1v) is 22.6. The van der Waals surface area contributed by atoms with Crippen LogP contribution < -0.4 is 5.73 Å². The molecule has 4 heteroatoms. The van der Waals surface area contributed by atoms with Gasteiger partial charge in [0.25, 0.3) is 0 Å².